The monoisotopic (exact) mass is 410 g/mol. The van der Waals surface area contributed by atoms with Crippen molar-refractivity contribution in [2.45, 2.75) is 65.3 Å². The lowest BCUT2D eigenvalue weighted by atomic mass is 9.82. The van der Waals surface area contributed by atoms with Crippen molar-refractivity contribution >= 4 is 11.8 Å². The molecule has 30 heavy (non-hydrogen) atoms. The minimum Gasteiger partial charge on any atom is -0.484 e. The van der Waals surface area contributed by atoms with Crippen LogP contribution >= 0.6 is 0 Å². The Bertz CT molecular complexity index is 934. The molecule has 0 aliphatic carbocycles. The molecule has 160 valence electrons. The largest absolute Gasteiger partial charge is 0.484 e. The van der Waals surface area contributed by atoms with E-state index in [0.29, 0.717) is 13.0 Å². The number of hydrogen-bond donors (Lipinski definition) is 0. The molecule has 3 rings (SSSR count). The first kappa shape index (κ1) is 22.0. The van der Waals surface area contributed by atoms with Crippen LogP contribution in [0.15, 0.2) is 36.4 Å². The fraction of sp³-hybridized carbons (Fsp3) is 0.440. The van der Waals surface area contributed by atoms with Crippen molar-refractivity contribution in [3.63, 3.8) is 0 Å². The zero-order chi connectivity index (χ0) is 21.9. The second-order valence-electron chi connectivity index (χ2n) is 8.32. The highest BCUT2D eigenvalue weighted by molar-refractivity contribution is 5.96. The average molecular weight is 411 g/mol. The molecule has 0 saturated heterocycles. The summed E-state index contributed by atoms with van der Waals surface area (Å²) in [7, 11) is 1.28. The van der Waals surface area contributed by atoms with Gasteiger partial charge in [-0.05, 0) is 49.9 Å². The van der Waals surface area contributed by atoms with Crippen molar-refractivity contribution in [3.8, 4) is 5.75 Å². The van der Waals surface area contributed by atoms with Crippen LogP contribution in [0, 0.1) is 20.8 Å². The van der Waals surface area contributed by atoms with E-state index in [1.807, 2.05) is 44.2 Å². The third-order valence-corrected chi connectivity index (χ3v) is 5.93. The van der Waals surface area contributed by atoms with Crippen LogP contribution in [0.5, 0.6) is 5.75 Å². The quantitative estimate of drug-likeness (QED) is 0.500. The summed E-state index contributed by atoms with van der Waals surface area (Å²) in [5.41, 5.74) is 4.68. The normalized spacial score (nSPS) is 20.2. The number of ether oxygens (including phenoxy) is 3. The molecule has 1 heterocycles. The van der Waals surface area contributed by atoms with Crippen LogP contribution in [0.3, 0.4) is 0 Å². The summed E-state index contributed by atoms with van der Waals surface area (Å²) in [4.78, 5) is 24.2. The Morgan fingerprint density at radius 2 is 1.83 bits per heavy atom. The van der Waals surface area contributed by atoms with E-state index < -0.39 is 11.6 Å². The molecule has 2 aromatic rings. The maximum Gasteiger partial charge on any atom is 0.313 e. The molecule has 0 bridgehead atoms. The SMILES string of the molecule is COC(=O)CC(=O)CC1(C)Oc2c(C)c(C)cc(C)c2CC1OCc1ccccc1. The molecule has 0 radical (unpaired) electrons. The predicted octanol–water partition coefficient (Wildman–Crippen LogP) is 4.41. The van der Waals surface area contributed by atoms with E-state index in [-0.39, 0.29) is 24.7 Å². The Morgan fingerprint density at radius 3 is 2.50 bits per heavy atom. The van der Waals surface area contributed by atoms with Crippen LogP contribution in [-0.2, 0) is 32.1 Å². The summed E-state index contributed by atoms with van der Waals surface area (Å²) in [6.07, 6.45) is 0.136. The fourth-order valence-corrected chi connectivity index (χ4v) is 4.04. The van der Waals surface area contributed by atoms with Gasteiger partial charge in [-0.2, -0.15) is 0 Å². The lowest BCUT2D eigenvalue weighted by Crippen LogP contribution is -2.52. The van der Waals surface area contributed by atoms with Crippen molar-refractivity contribution in [2.75, 3.05) is 7.11 Å². The third kappa shape index (κ3) is 4.73. The average Bonchev–Trinajstić information content (AvgIpc) is 2.71. The zero-order valence-corrected chi connectivity index (χ0v) is 18.4. The number of Topliss-reactive ketones (excluding diaryl/α,β-unsaturated/α-hetero) is 1. The number of rotatable bonds is 7. The summed E-state index contributed by atoms with van der Waals surface area (Å²) in [5, 5.41) is 0. The van der Waals surface area contributed by atoms with Crippen molar-refractivity contribution in [1.29, 1.82) is 0 Å². The first-order valence-corrected chi connectivity index (χ1v) is 10.3. The van der Waals surface area contributed by atoms with Gasteiger partial charge in [0.2, 0.25) is 0 Å². The Balaban J connectivity index is 1.90. The first-order valence-electron chi connectivity index (χ1n) is 10.3. The van der Waals surface area contributed by atoms with Crippen LogP contribution in [0.2, 0.25) is 0 Å². The summed E-state index contributed by atoms with van der Waals surface area (Å²) >= 11 is 0. The number of esters is 1. The molecule has 5 heteroatoms. The highest BCUT2D eigenvalue weighted by Crippen LogP contribution is 2.42. The van der Waals surface area contributed by atoms with Crippen LogP contribution in [0.4, 0.5) is 0 Å². The number of carbonyl (C=O) groups is 2. The molecule has 0 saturated carbocycles. The summed E-state index contributed by atoms with van der Waals surface area (Å²) in [6.45, 7) is 8.50. The predicted molar refractivity (Wildman–Crippen MR) is 115 cm³/mol. The molecule has 0 fully saturated rings. The van der Waals surface area contributed by atoms with E-state index in [4.69, 9.17) is 9.47 Å². The van der Waals surface area contributed by atoms with E-state index >= 15 is 0 Å². The van der Waals surface area contributed by atoms with Gasteiger partial charge in [0.15, 0.2) is 0 Å². The number of ketones is 1. The van der Waals surface area contributed by atoms with Gasteiger partial charge in [-0.25, -0.2) is 0 Å². The molecule has 0 N–H and O–H groups in total. The molecule has 1 aliphatic heterocycles. The number of carbonyl (C=O) groups excluding carboxylic acids is 2. The van der Waals surface area contributed by atoms with Crippen molar-refractivity contribution in [3.05, 3.63) is 64.2 Å². The van der Waals surface area contributed by atoms with Gasteiger partial charge in [0.1, 0.15) is 29.7 Å². The molecular formula is C25H30O5. The highest BCUT2D eigenvalue weighted by Gasteiger charge is 2.44. The number of fused-ring (bicyclic) bond motifs is 1. The standard InChI is InChI=1S/C25H30O5/c1-16-11-17(2)21-13-22(29-15-19-9-7-6-8-10-19)25(4,30-24(21)18(16)3)14-20(26)12-23(27)28-5/h6-11,22H,12-15H2,1-5H3. The molecule has 5 nitrogen and oxygen atoms in total. The lowest BCUT2D eigenvalue weighted by Gasteiger charge is -2.43. The second kappa shape index (κ2) is 9.00. The van der Waals surface area contributed by atoms with Crippen LogP contribution < -0.4 is 4.74 Å². The van der Waals surface area contributed by atoms with E-state index in [0.717, 1.165) is 33.6 Å². The smallest absolute Gasteiger partial charge is 0.313 e. The second-order valence-corrected chi connectivity index (χ2v) is 8.32. The molecule has 0 aromatic heterocycles. The van der Waals surface area contributed by atoms with Gasteiger partial charge in [0.25, 0.3) is 0 Å². The highest BCUT2D eigenvalue weighted by atomic mass is 16.6. The maximum absolute atomic E-state index is 12.6. The maximum atomic E-state index is 12.6. The molecule has 0 amide bonds. The van der Waals surface area contributed by atoms with E-state index in [2.05, 4.69) is 24.7 Å². The van der Waals surface area contributed by atoms with Gasteiger partial charge < -0.3 is 14.2 Å². The molecule has 0 spiro atoms. The van der Waals surface area contributed by atoms with Gasteiger partial charge in [0, 0.05) is 18.4 Å². The number of benzene rings is 2. The minimum atomic E-state index is -0.877. The van der Waals surface area contributed by atoms with Gasteiger partial charge in [-0.3, -0.25) is 9.59 Å². The number of aryl methyl sites for hydroxylation is 2. The van der Waals surface area contributed by atoms with Gasteiger partial charge >= 0.3 is 5.97 Å². The summed E-state index contributed by atoms with van der Waals surface area (Å²) in [5.74, 6) is 0.0769. The van der Waals surface area contributed by atoms with Crippen molar-refractivity contribution < 1.29 is 23.8 Å². The van der Waals surface area contributed by atoms with Crippen LogP contribution in [0.25, 0.3) is 0 Å². The molecule has 2 aromatic carbocycles. The van der Waals surface area contributed by atoms with E-state index in [9.17, 15) is 9.59 Å². The summed E-state index contributed by atoms with van der Waals surface area (Å²) in [6, 6.07) is 12.1. The third-order valence-electron chi connectivity index (χ3n) is 5.93. The molecular weight excluding hydrogens is 380 g/mol. The number of methoxy groups -OCH3 is 1. The zero-order valence-electron chi connectivity index (χ0n) is 18.4. The Hall–Kier alpha value is -2.66. The first-order chi connectivity index (χ1) is 14.2. The minimum absolute atomic E-state index is 0.0768. The topological polar surface area (TPSA) is 61.8 Å². The van der Waals surface area contributed by atoms with E-state index in [1.54, 1.807) is 0 Å². The van der Waals surface area contributed by atoms with Gasteiger partial charge in [-0.1, -0.05) is 36.4 Å². The number of hydrogen-bond acceptors (Lipinski definition) is 5. The van der Waals surface area contributed by atoms with Crippen LogP contribution in [0.1, 0.15) is 47.6 Å². The van der Waals surface area contributed by atoms with Gasteiger partial charge in [-0.15, -0.1) is 0 Å². The molecule has 1 aliphatic rings. The molecule has 2 atom stereocenters. The van der Waals surface area contributed by atoms with Crippen molar-refractivity contribution in [1.82, 2.24) is 0 Å². The fourth-order valence-electron chi connectivity index (χ4n) is 4.04. The Kier molecular flexibility index (Phi) is 6.61. The van der Waals surface area contributed by atoms with Crippen molar-refractivity contribution in [2.24, 2.45) is 0 Å². The van der Waals surface area contributed by atoms with E-state index in [1.165, 1.54) is 7.11 Å². The summed E-state index contributed by atoms with van der Waals surface area (Å²) < 4.78 is 17.5. The Labute approximate surface area is 178 Å². The Morgan fingerprint density at radius 1 is 1.13 bits per heavy atom. The van der Waals surface area contributed by atoms with Crippen LogP contribution in [-0.4, -0.2) is 30.6 Å². The lowest BCUT2D eigenvalue weighted by molar-refractivity contribution is -0.146. The van der Waals surface area contributed by atoms with Gasteiger partial charge in [0.05, 0.1) is 13.7 Å². The molecule has 2 unspecified atom stereocenters.